The Balaban J connectivity index is 2.34. The molecule has 21 heavy (non-hydrogen) atoms. The lowest BCUT2D eigenvalue weighted by atomic mass is 10.0. The summed E-state index contributed by atoms with van der Waals surface area (Å²) < 4.78 is 0. The number of halogens is 2. The van der Waals surface area contributed by atoms with Crippen molar-refractivity contribution in [3.05, 3.63) is 57.1 Å². The Morgan fingerprint density at radius 3 is 2.57 bits per heavy atom. The average Bonchev–Trinajstić information content (AvgIpc) is 2.42. The highest BCUT2D eigenvalue weighted by Crippen LogP contribution is 2.24. The van der Waals surface area contributed by atoms with Crippen LogP contribution < -0.4 is 0 Å². The van der Waals surface area contributed by atoms with E-state index < -0.39 is 5.97 Å². The van der Waals surface area contributed by atoms with Crippen molar-refractivity contribution in [1.82, 2.24) is 9.97 Å². The van der Waals surface area contributed by atoms with Crippen LogP contribution in [-0.4, -0.2) is 21.0 Å². The van der Waals surface area contributed by atoms with Gasteiger partial charge in [-0.25, -0.2) is 14.8 Å². The van der Waals surface area contributed by atoms with Gasteiger partial charge in [-0.15, -0.1) is 0 Å². The van der Waals surface area contributed by atoms with Gasteiger partial charge >= 0.3 is 5.97 Å². The highest BCUT2D eigenvalue weighted by molar-refractivity contribution is 6.42. The Kier molecular flexibility index (Phi) is 4.80. The molecule has 2 rings (SSSR count). The topological polar surface area (TPSA) is 63.1 Å². The number of nitrogens with zero attached hydrogens (tertiary/aromatic N) is 2. The fraction of sp³-hybridized carbons (Fsp3) is 0.267. The van der Waals surface area contributed by atoms with Crippen molar-refractivity contribution in [2.75, 3.05) is 0 Å². The normalized spacial score (nSPS) is 10.9. The summed E-state index contributed by atoms with van der Waals surface area (Å²) in [6.07, 6.45) is 1.83. The van der Waals surface area contributed by atoms with Crippen LogP contribution in [0, 0.1) is 0 Å². The number of hydrogen-bond acceptors (Lipinski definition) is 3. The predicted molar refractivity (Wildman–Crippen MR) is 82.3 cm³/mol. The molecule has 0 spiro atoms. The molecule has 0 bridgehead atoms. The molecule has 0 saturated carbocycles. The zero-order valence-corrected chi connectivity index (χ0v) is 13.1. The van der Waals surface area contributed by atoms with E-state index in [0.29, 0.717) is 28.0 Å². The minimum atomic E-state index is -1.01. The van der Waals surface area contributed by atoms with Gasteiger partial charge in [-0.1, -0.05) is 43.1 Å². The Morgan fingerprint density at radius 1 is 1.29 bits per heavy atom. The zero-order valence-electron chi connectivity index (χ0n) is 11.6. The highest BCUT2D eigenvalue weighted by atomic mass is 35.5. The van der Waals surface area contributed by atoms with E-state index in [-0.39, 0.29) is 11.5 Å². The quantitative estimate of drug-likeness (QED) is 0.915. The highest BCUT2D eigenvalue weighted by Gasteiger charge is 2.16. The molecule has 0 radical (unpaired) electrons. The first-order valence-electron chi connectivity index (χ1n) is 6.41. The van der Waals surface area contributed by atoms with E-state index >= 15 is 0 Å². The van der Waals surface area contributed by atoms with Crippen molar-refractivity contribution in [3.63, 3.8) is 0 Å². The Hall–Kier alpha value is -1.65. The molecule has 0 amide bonds. The molecular weight excluding hydrogens is 311 g/mol. The number of hydrogen-bond donors (Lipinski definition) is 1. The SMILES string of the molecule is CC(C)c1nc(Cc2ccc(Cl)c(Cl)c2)ncc1C(=O)O. The van der Waals surface area contributed by atoms with Gasteiger partial charge in [0.25, 0.3) is 0 Å². The molecule has 1 aromatic carbocycles. The van der Waals surface area contributed by atoms with Crippen LogP contribution in [0.4, 0.5) is 0 Å². The first-order valence-corrected chi connectivity index (χ1v) is 7.17. The van der Waals surface area contributed by atoms with Gasteiger partial charge in [0.05, 0.1) is 21.3 Å². The number of rotatable bonds is 4. The Morgan fingerprint density at radius 2 is 2.00 bits per heavy atom. The maximum absolute atomic E-state index is 11.2. The molecule has 1 heterocycles. The van der Waals surface area contributed by atoms with Gasteiger partial charge in [0, 0.05) is 12.6 Å². The number of benzene rings is 1. The molecule has 0 aliphatic carbocycles. The summed E-state index contributed by atoms with van der Waals surface area (Å²) in [5.74, 6) is -0.450. The Bertz CT molecular complexity index is 687. The van der Waals surface area contributed by atoms with Crippen LogP contribution in [0.15, 0.2) is 24.4 Å². The third kappa shape index (κ3) is 3.71. The van der Waals surface area contributed by atoms with Crippen LogP contribution in [0.25, 0.3) is 0 Å². The predicted octanol–water partition coefficient (Wildman–Crippen LogP) is 4.20. The van der Waals surface area contributed by atoms with Crippen LogP contribution in [0.2, 0.25) is 10.0 Å². The second-order valence-corrected chi connectivity index (χ2v) is 5.78. The first-order chi connectivity index (χ1) is 9.88. The molecule has 110 valence electrons. The molecule has 0 saturated heterocycles. The van der Waals surface area contributed by atoms with Gasteiger partial charge in [0.1, 0.15) is 5.82 Å². The van der Waals surface area contributed by atoms with Gasteiger partial charge in [0.2, 0.25) is 0 Å². The maximum atomic E-state index is 11.2. The number of carbonyl (C=O) groups is 1. The molecule has 0 atom stereocenters. The van der Waals surface area contributed by atoms with Crippen molar-refractivity contribution in [3.8, 4) is 0 Å². The van der Waals surface area contributed by atoms with Crippen LogP contribution in [0.5, 0.6) is 0 Å². The minimum absolute atomic E-state index is 0.00616. The van der Waals surface area contributed by atoms with E-state index in [1.165, 1.54) is 6.20 Å². The van der Waals surface area contributed by atoms with Crippen LogP contribution in [0.3, 0.4) is 0 Å². The number of aromatic nitrogens is 2. The fourth-order valence-corrected chi connectivity index (χ4v) is 2.28. The van der Waals surface area contributed by atoms with E-state index in [0.717, 1.165) is 5.56 Å². The number of carboxylic acid groups (broad SMARTS) is 1. The Labute approximate surface area is 132 Å². The van der Waals surface area contributed by atoms with E-state index in [1.54, 1.807) is 12.1 Å². The standard InChI is InChI=1S/C15H14Cl2N2O2/c1-8(2)14-10(15(20)21)7-18-13(19-14)6-9-3-4-11(16)12(17)5-9/h3-5,7-8H,6H2,1-2H3,(H,20,21). The lowest BCUT2D eigenvalue weighted by Crippen LogP contribution is -2.10. The smallest absolute Gasteiger partial charge is 0.339 e. The molecule has 4 nitrogen and oxygen atoms in total. The molecule has 0 aliphatic rings. The van der Waals surface area contributed by atoms with E-state index in [1.807, 2.05) is 19.9 Å². The van der Waals surface area contributed by atoms with Crippen molar-refractivity contribution in [2.45, 2.75) is 26.2 Å². The average molecular weight is 325 g/mol. The largest absolute Gasteiger partial charge is 0.478 e. The summed E-state index contributed by atoms with van der Waals surface area (Å²) in [6.45, 7) is 3.80. The lowest BCUT2D eigenvalue weighted by Gasteiger charge is -2.10. The summed E-state index contributed by atoms with van der Waals surface area (Å²) in [7, 11) is 0. The first kappa shape index (κ1) is 15.7. The van der Waals surface area contributed by atoms with Crippen molar-refractivity contribution >= 4 is 29.2 Å². The summed E-state index contributed by atoms with van der Waals surface area (Å²) in [5.41, 5.74) is 1.60. The van der Waals surface area contributed by atoms with Crippen molar-refractivity contribution in [2.24, 2.45) is 0 Å². The van der Waals surface area contributed by atoms with E-state index in [4.69, 9.17) is 28.3 Å². The van der Waals surface area contributed by atoms with Gasteiger partial charge in [-0.05, 0) is 23.6 Å². The molecule has 0 unspecified atom stereocenters. The fourth-order valence-electron chi connectivity index (χ4n) is 1.96. The molecular formula is C15H14Cl2N2O2. The van der Waals surface area contributed by atoms with Crippen LogP contribution >= 0.6 is 23.2 Å². The second kappa shape index (κ2) is 6.41. The molecule has 2 aromatic rings. The summed E-state index contributed by atoms with van der Waals surface area (Å²) in [6, 6.07) is 5.32. The summed E-state index contributed by atoms with van der Waals surface area (Å²) >= 11 is 11.9. The zero-order chi connectivity index (χ0) is 15.6. The van der Waals surface area contributed by atoms with Crippen LogP contribution in [0.1, 0.15) is 47.2 Å². The van der Waals surface area contributed by atoms with Crippen molar-refractivity contribution < 1.29 is 9.90 Å². The minimum Gasteiger partial charge on any atom is -0.478 e. The van der Waals surface area contributed by atoms with Crippen LogP contribution in [-0.2, 0) is 6.42 Å². The van der Waals surface area contributed by atoms with Gasteiger partial charge in [0.15, 0.2) is 0 Å². The third-order valence-corrected chi connectivity index (χ3v) is 3.73. The third-order valence-electron chi connectivity index (χ3n) is 2.99. The monoisotopic (exact) mass is 324 g/mol. The number of aromatic carboxylic acids is 1. The molecule has 1 N–H and O–H groups in total. The second-order valence-electron chi connectivity index (χ2n) is 4.97. The van der Waals surface area contributed by atoms with E-state index in [9.17, 15) is 4.79 Å². The number of carboxylic acids is 1. The van der Waals surface area contributed by atoms with E-state index in [2.05, 4.69) is 9.97 Å². The molecule has 1 aromatic heterocycles. The maximum Gasteiger partial charge on any atom is 0.339 e. The molecule has 0 fully saturated rings. The lowest BCUT2D eigenvalue weighted by molar-refractivity contribution is 0.0694. The van der Waals surface area contributed by atoms with Gasteiger partial charge in [-0.2, -0.15) is 0 Å². The molecule has 0 aliphatic heterocycles. The summed E-state index contributed by atoms with van der Waals surface area (Å²) in [5, 5.41) is 10.1. The van der Waals surface area contributed by atoms with Gasteiger partial charge in [-0.3, -0.25) is 0 Å². The van der Waals surface area contributed by atoms with Crippen molar-refractivity contribution in [1.29, 1.82) is 0 Å². The van der Waals surface area contributed by atoms with Gasteiger partial charge < -0.3 is 5.11 Å². The summed E-state index contributed by atoms with van der Waals surface area (Å²) in [4.78, 5) is 19.7. The molecule has 6 heteroatoms.